The van der Waals surface area contributed by atoms with Gasteiger partial charge in [-0.05, 0) is 6.07 Å². The fourth-order valence-electron chi connectivity index (χ4n) is 1.23. The summed E-state index contributed by atoms with van der Waals surface area (Å²) in [5.74, 6) is -1.63. The zero-order chi connectivity index (χ0) is 12.3. The molecule has 0 fully saturated rings. The third kappa shape index (κ3) is 3.21. The first-order chi connectivity index (χ1) is 7.34. The van der Waals surface area contributed by atoms with Gasteiger partial charge < -0.3 is 10.8 Å². The molecule has 16 heavy (non-hydrogen) atoms. The van der Waals surface area contributed by atoms with Gasteiger partial charge in [0.15, 0.2) is 0 Å². The summed E-state index contributed by atoms with van der Waals surface area (Å²) < 4.78 is 36.9. The molecule has 1 heterocycles. The lowest BCUT2D eigenvalue weighted by Gasteiger charge is -2.09. The number of halogens is 3. The van der Waals surface area contributed by atoms with Crippen molar-refractivity contribution in [1.29, 1.82) is 0 Å². The summed E-state index contributed by atoms with van der Waals surface area (Å²) in [5, 5.41) is 9.54. The van der Waals surface area contributed by atoms with Crippen molar-refractivity contribution in [2.45, 2.75) is 18.5 Å². The van der Waals surface area contributed by atoms with E-state index in [1.165, 1.54) is 0 Å². The molecule has 3 nitrogen and oxygen atoms in total. The molecule has 1 aromatic rings. The quantitative estimate of drug-likeness (QED) is 0.865. The van der Waals surface area contributed by atoms with Crippen LogP contribution in [-0.4, -0.2) is 17.6 Å². The van der Waals surface area contributed by atoms with Crippen molar-refractivity contribution < 1.29 is 23.1 Å². The number of thiophene rings is 1. The van der Waals surface area contributed by atoms with Gasteiger partial charge in [0.25, 0.3) is 0 Å². The second-order valence-corrected chi connectivity index (χ2v) is 4.21. The van der Waals surface area contributed by atoms with E-state index in [0.717, 1.165) is 22.8 Å². The number of alkyl halides is 3. The fourth-order valence-corrected chi connectivity index (χ4v) is 2.26. The zero-order valence-corrected chi connectivity index (χ0v) is 8.94. The van der Waals surface area contributed by atoms with Gasteiger partial charge in [-0.3, -0.25) is 4.79 Å². The van der Waals surface area contributed by atoms with Gasteiger partial charge >= 0.3 is 12.1 Å². The van der Waals surface area contributed by atoms with Gasteiger partial charge in [-0.1, -0.05) is 0 Å². The molecule has 0 aromatic carbocycles. The normalized spacial score (nSPS) is 13.8. The Bertz CT molecular complexity index is 375. The summed E-state index contributed by atoms with van der Waals surface area (Å²) in [6.45, 7) is 0.0180. The van der Waals surface area contributed by atoms with Crippen LogP contribution in [0.2, 0.25) is 0 Å². The van der Waals surface area contributed by atoms with E-state index >= 15 is 0 Å². The lowest BCUT2D eigenvalue weighted by Crippen LogP contribution is -2.15. The number of rotatable bonds is 4. The van der Waals surface area contributed by atoms with Crippen molar-refractivity contribution in [2.24, 2.45) is 5.73 Å². The molecule has 0 saturated carbocycles. The first kappa shape index (κ1) is 13.0. The van der Waals surface area contributed by atoms with Crippen molar-refractivity contribution in [3.63, 3.8) is 0 Å². The summed E-state index contributed by atoms with van der Waals surface area (Å²) >= 11 is 0.888. The number of carboxylic acids is 1. The summed E-state index contributed by atoms with van der Waals surface area (Å²) in [4.78, 5) is 10.8. The fraction of sp³-hybridized carbons (Fsp3) is 0.444. The smallest absolute Gasteiger partial charge is 0.417 e. The van der Waals surface area contributed by atoms with Gasteiger partial charge in [-0.2, -0.15) is 13.2 Å². The number of hydrogen-bond donors (Lipinski definition) is 2. The minimum absolute atomic E-state index is 0.0180. The average molecular weight is 253 g/mol. The Balaban J connectivity index is 2.87. The average Bonchev–Trinajstić information content (AvgIpc) is 2.61. The molecule has 0 amide bonds. The van der Waals surface area contributed by atoms with E-state index in [9.17, 15) is 18.0 Å². The molecule has 3 N–H and O–H groups in total. The molecule has 1 unspecified atom stereocenters. The molecule has 1 atom stereocenters. The highest BCUT2D eigenvalue weighted by Crippen LogP contribution is 2.35. The maximum absolute atomic E-state index is 12.3. The van der Waals surface area contributed by atoms with Gasteiger partial charge in [0.2, 0.25) is 0 Å². The molecule has 90 valence electrons. The van der Waals surface area contributed by atoms with Gasteiger partial charge in [0.05, 0.1) is 12.0 Å². The van der Waals surface area contributed by atoms with Crippen molar-refractivity contribution in [3.05, 3.63) is 21.9 Å². The van der Waals surface area contributed by atoms with E-state index in [0.29, 0.717) is 4.88 Å². The summed E-state index contributed by atoms with van der Waals surface area (Å²) in [6, 6.07) is 0.963. The lowest BCUT2D eigenvalue weighted by atomic mass is 10.0. The van der Waals surface area contributed by atoms with E-state index in [1.54, 1.807) is 0 Å². The number of aliphatic carboxylic acids is 1. The molecule has 0 radical (unpaired) electrons. The van der Waals surface area contributed by atoms with E-state index in [4.69, 9.17) is 10.8 Å². The standard InChI is InChI=1S/C9H10F3NO2S/c10-9(11,12)6-2-7(16-4-6)5(3-13)1-8(14)15/h2,4-5H,1,3,13H2,(H,14,15). The second kappa shape index (κ2) is 4.84. The Morgan fingerprint density at radius 2 is 2.19 bits per heavy atom. The highest BCUT2D eigenvalue weighted by Gasteiger charge is 2.32. The lowest BCUT2D eigenvalue weighted by molar-refractivity contribution is -0.137. The van der Waals surface area contributed by atoms with Crippen LogP contribution in [0, 0.1) is 0 Å². The Hall–Kier alpha value is -1.08. The third-order valence-corrected chi connectivity index (χ3v) is 3.15. The predicted octanol–water partition coefficient (Wildman–Crippen LogP) is 2.28. The molecular weight excluding hydrogens is 243 g/mol. The SMILES string of the molecule is NCC(CC(=O)O)c1cc(C(F)(F)F)cs1. The molecule has 0 aliphatic rings. The molecule has 0 saturated heterocycles. The van der Waals surface area contributed by atoms with Crippen LogP contribution in [-0.2, 0) is 11.0 Å². The Kier molecular flexibility index (Phi) is 3.93. The molecule has 1 aromatic heterocycles. The molecule has 7 heteroatoms. The van der Waals surface area contributed by atoms with Crippen LogP contribution in [0.5, 0.6) is 0 Å². The van der Waals surface area contributed by atoms with Gasteiger partial charge in [0, 0.05) is 22.7 Å². The second-order valence-electron chi connectivity index (χ2n) is 3.27. The molecule has 1 rings (SSSR count). The number of carboxylic acid groups (broad SMARTS) is 1. The van der Waals surface area contributed by atoms with Crippen molar-refractivity contribution in [1.82, 2.24) is 0 Å². The Morgan fingerprint density at radius 3 is 2.56 bits per heavy atom. The predicted molar refractivity (Wildman–Crippen MR) is 53.4 cm³/mol. The molecular formula is C9H10F3NO2S. The molecule has 0 bridgehead atoms. The summed E-state index contributed by atoms with van der Waals surface area (Å²) in [7, 11) is 0. The van der Waals surface area contributed by atoms with Crippen LogP contribution < -0.4 is 5.73 Å². The molecule has 0 aliphatic carbocycles. The van der Waals surface area contributed by atoms with E-state index in [2.05, 4.69) is 0 Å². The van der Waals surface area contributed by atoms with Crippen LogP contribution >= 0.6 is 11.3 Å². The third-order valence-electron chi connectivity index (χ3n) is 2.05. The topological polar surface area (TPSA) is 63.3 Å². The maximum Gasteiger partial charge on any atom is 0.417 e. The van der Waals surface area contributed by atoms with Crippen molar-refractivity contribution in [2.75, 3.05) is 6.54 Å². The van der Waals surface area contributed by atoms with Crippen LogP contribution in [0.4, 0.5) is 13.2 Å². The Morgan fingerprint density at radius 1 is 1.56 bits per heavy atom. The Labute approximate surface area is 93.7 Å². The highest BCUT2D eigenvalue weighted by atomic mass is 32.1. The monoisotopic (exact) mass is 253 g/mol. The highest BCUT2D eigenvalue weighted by molar-refractivity contribution is 7.10. The van der Waals surface area contributed by atoms with Gasteiger partial charge in [-0.25, -0.2) is 0 Å². The largest absolute Gasteiger partial charge is 0.481 e. The molecule has 0 aliphatic heterocycles. The summed E-state index contributed by atoms with van der Waals surface area (Å²) in [5.41, 5.74) is 4.58. The first-order valence-electron chi connectivity index (χ1n) is 4.42. The van der Waals surface area contributed by atoms with Gasteiger partial charge in [-0.15, -0.1) is 11.3 Å². The van der Waals surface area contributed by atoms with E-state index in [1.807, 2.05) is 0 Å². The van der Waals surface area contributed by atoms with Crippen molar-refractivity contribution in [3.8, 4) is 0 Å². The van der Waals surface area contributed by atoms with Gasteiger partial charge in [0.1, 0.15) is 0 Å². The molecule has 0 spiro atoms. The van der Waals surface area contributed by atoms with Crippen LogP contribution in [0.15, 0.2) is 11.4 Å². The minimum Gasteiger partial charge on any atom is -0.481 e. The van der Waals surface area contributed by atoms with Crippen LogP contribution in [0.25, 0.3) is 0 Å². The number of nitrogens with two attached hydrogens (primary N) is 1. The van der Waals surface area contributed by atoms with E-state index < -0.39 is 23.6 Å². The van der Waals surface area contributed by atoms with Crippen molar-refractivity contribution >= 4 is 17.3 Å². The zero-order valence-electron chi connectivity index (χ0n) is 8.12. The van der Waals surface area contributed by atoms with Crippen LogP contribution in [0.1, 0.15) is 22.8 Å². The number of hydrogen-bond acceptors (Lipinski definition) is 3. The van der Waals surface area contributed by atoms with E-state index in [-0.39, 0.29) is 13.0 Å². The van der Waals surface area contributed by atoms with Crippen LogP contribution in [0.3, 0.4) is 0 Å². The summed E-state index contributed by atoms with van der Waals surface area (Å²) in [6.07, 6.45) is -4.65. The number of carbonyl (C=O) groups is 1. The maximum atomic E-state index is 12.3. The minimum atomic E-state index is -4.39. The first-order valence-corrected chi connectivity index (χ1v) is 5.30.